The molecular weight excluding hydrogens is 572 g/mol. The highest BCUT2D eigenvalue weighted by atomic mass is 16.5. The van der Waals surface area contributed by atoms with Crippen LogP contribution in [0.3, 0.4) is 0 Å². The standard InChI is InChI=1S/C34H46N6O5/c1-24(2)40-22-29(37-38-40)27-8-6-7-25(21-27)14-19-44-20-15-32(43)39(28-9-4-3-5-10-28)18-17-35-16-13-26-11-12-30(41)33-34(26)45-23-31(42)36-33/h6-8,11-12,21-22,24,28,35,41H,3-5,9-10,13-20,23H2,1-2H3,(H,36,42). The molecule has 1 fully saturated rings. The van der Waals surface area contributed by atoms with Crippen LogP contribution in [-0.2, 0) is 27.2 Å². The van der Waals surface area contributed by atoms with Gasteiger partial charge in [0.05, 0.1) is 25.8 Å². The zero-order valence-corrected chi connectivity index (χ0v) is 26.5. The highest BCUT2D eigenvalue weighted by Crippen LogP contribution is 2.39. The first-order valence-electron chi connectivity index (χ1n) is 16.3. The van der Waals surface area contributed by atoms with Crippen molar-refractivity contribution >= 4 is 17.5 Å². The van der Waals surface area contributed by atoms with E-state index in [2.05, 4.69) is 51.8 Å². The van der Waals surface area contributed by atoms with Crippen LogP contribution < -0.4 is 15.4 Å². The second-order valence-corrected chi connectivity index (χ2v) is 12.2. The van der Waals surface area contributed by atoms with Gasteiger partial charge in [-0.25, -0.2) is 4.68 Å². The molecule has 1 aliphatic heterocycles. The Balaban J connectivity index is 1.05. The molecule has 11 heteroatoms. The van der Waals surface area contributed by atoms with Gasteiger partial charge in [0.15, 0.2) is 12.4 Å². The maximum Gasteiger partial charge on any atom is 0.262 e. The minimum atomic E-state index is -0.277. The summed E-state index contributed by atoms with van der Waals surface area (Å²) in [5, 5.41) is 24.8. The summed E-state index contributed by atoms with van der Waals surface area (Å²) in [6, 6.07) is 12.2. The van der Waals surface area contributed by atoms with E-state index >= 15 is 0 Å². The smallest absolute Gasteiger partial charge is 0.262 e. The van der Waals surface area contributed by atoms with Crippen LogP contribution in [0.1, 0.15) is 69.5 Å². The molecule has 45 heavy (non-hydrogen) atoms. The molecule has 1 aromatic heterocycles. The maximum atomic E-state index is 13.4. The second kappa shape index (κ2) is 15.9. The van der Waals surface area contributed by atoms with E-state index in [1.807, 2.05) is 29.1 Å². The molecule has 3 aromatic rings. The Hall–Kier alpha value is -3.96. The summed E-state index contributed by atoms with van der Waals surface area (Å²) in [5.41, 5.74) is 4.31. The third-order valence-corrected chi connectivity index (χ3v) is 8.52. The van der Waals surface area contributed by atoms with Crippen molar-refractivity contribution in [1.29, 1.82) is 0 Å². The number of aromatic hydroxyl groups is 1. The molecule has 5 rings (SSSR count). The first-order chi connectivity index (χ1) is 21.9. The highest BCUT2D eigenvalue weighted by molar-refractivity contribution is 5.97. The SMILES string of the molecule is CC(C)n1cc(-c2cccc(CCOCCC(=O)N(CCNCCc3ccc(O)c4c3OCC(=O)N4)C3CCCCC3)c2)nn1. The van der Waals surface area contributed by atoms with Crippen LogP contribution >= 0.6 is 0 Å². The van der Waals surface area contributed by atoms with E-state index in [0.29, 0.717) is 57.1 Å². The van der Waals surface area contributed by atoms with E-state index in [0.717, 1.165) is 54.5 Å². The number of carbonyl (C=O) groups excluding carboxylic acids is 2. The van der Waals surface area contributed by atoms with Gasteiger partial charge in [-0.2, -0.15) is 0 Å². The van der Waals surface area contributed by atoms with Crippen LogP contribution in [0, 0.1) is 0 Å². The van der Waals surface area contributed by atoms with Crippen molar-refractivity contribution in [3.8, 4) is 22.8 Å². The molecule has 1 saturated carbocycles. The molecule has 0 saturated heterocycles. The number of phenols is 1. The van der Waals surface area contributed by atoms with Gasteiger partial charge in [-0.3, -0.25) is 9.59 Å². The lowest BCUT2D eigenvalue weighted by molar-refractivity contribution is -0.135. The van der Waals surface area contributed by atoms with Gasteiger partial charge in [-0.15, -0.1) is 5.10 Å². The van der Waals surface area contributed by atoms with Crippen LogP contribution in [0.25, 0.3) is 11.3 Å². The Labute approximate surface area is 265 Å². The van der Waals surface area contributed by atoms with Gasteiger partial charge in [-0.05, 0) is 69.3 Å². The number of hydrogen-bond donors (Lipinski definition) is 3. The molecule has 0 atom stereocenters. The van der Waals surface area contributed by atoms with E-state index in [1.54, 1.807) is 6.07 Å². The highest BCUT2D eigenvalue weighted by Gasteiger charge is 2.25. The molecule has 1 aliphatic carbocycles. The lowest BCUT2D eigenvalue weighted by Gasteiger charge is -2.34. The van der Waals surface area contributed by atoms with Crippen molar-refractivity contribution in [2.24, 2.45) is 0 Å². The number of rotatable bonds is 15. The maximum absolute atomic E-state index is 13.4. The van der Waals surface area contributed by atoms with Crippen molar-refractivity contribution in [2.75, 3.05) is 44.8 Å². The summed E-state index contributed by atoms with van der Waals surface area (Å²) in [6.45, 7) is 7.07. The quantitative estimate of drug-likeness (QED) is 0.168. The van der Waals surface area contributed by atoms with Crippen LogP contribution in [0.4, 0.5) is 5.69 Å². The third kappa shape index (κ3) is 8.82. The molecule has 11 nitrogen and oxygen atoms in total. The molecule has 2 amide bonds. The first-order valence-corrected chi connectivity index (χ1v) is 16.3. The van der Waals surface area contributed by atoms with Gasteiger partial charge < -0.3 is 30.1 Å². The van der Waals surface area contributed by atoms with Crippen molar-refractivity contribution in [3.63, 3.8) is 0 Å². The number of nitrogens with one attached hydrogen (secondary N) is 2. The number of benzene rings is 2. The monoisotopic (exact) mass is 618 g/mol. The van der Waals surface area contributed by atoms with Gasteiger partial charge in [0.2, 0.25) is 5.91 Å². The van der Waals surface area contributed by atoms with Gasteiger partial charge in [-0.1, -0.05) is 48.7 Å². The van der Waals surface area contributed by atoms with Gasteiger partial charge in [0.25, 0.3) is 5.91 Å². The van der Waals surface area contributed by atoms with Crippen molar-refractivity contribution in [1.82, 2.24) is 25.2 Å². The number of amides is 2. The molecule has 2 aromatic carbocycles. The summed E-state index contributed by atoms with van der Waals surface area (Å²) in [6.07, 6.45) is 9.43. The molecule has 0 unspecified atom stereocenters. The minimum absolute atomic E-state index is 0.00179. The normalized spacial score (nSPS) is 15.0. The number of fused-ring (bicyclic) bond motifs is 1. The van der Waals surface area contributed by atoms with Crippen LogP contribution in [-0.4, -0.2) is 82.3 Å². The summed E-state index contributed by atoms with van der Waals surface area (Å²) in [4.78, 5) is 27.1. The van der Waals surface area contributed by atoms with E-state index in [4.69, 9.17) is 9.47 Å². The van der Waals surface area contributed by atoms with Crippen LogP contribution in [0.15, 0.2) is 42.6 Å². The molecule has 0 spiro atoms. The zero-order valence-electron chi connectivity index (χ0n) is 26.5. The molecule has 242 valence electrons. The van der Waals surface area contributed by atoms with Crippen molar-refractivity contribution in [3.05, 3.63) is 53.7 Å². The lowest BCUT2D eigenvalue weighted by atomic mass is 9.94. The number of anilines is 1. The van der Waals surface area contributed by atoms with Gasteiger partial charge in [0.1, 0.15) is 17.1 Å². The molecular formula is C34H46N6O5. The molecule has 0 radical (unpaired) electrons. The van der Waals surface area contributed by atoms with Crippen LogP contribution in [0.5, 0.6) is 11.5 Å². The fourth-order valence-corrected chi connectivity index (χ4v) is 6.01. The number of aromatic nitrogens is 3. The number of ether oxygens (including phenoxy) is 2. The van der Waals surface area contributed by atoms with E-state index in [9.17, 15) is 14.7 Å². The number of hydrogen-bond acceptors (Lipinski definition) is 8. The molecule has 2 heterocycles. The Morgan fingerprint density at radius 3 is 2.80 bits per heavy atom. The predicted molar refractivity (Wildman–Crippen MR) is 172 cm³/mol. The summed E-state index contributed by atoms with van der Waals surface area (Å²) in [7, 11) is 0. The first kappa shape index (κ1) is 32.4. The van der Waals surface area contributed by atoms with Crippen LogP contribution in [0.2, 0.25) is 0 Å². The Kier molecular flexibility index (Phi) is 11.4. The fraction of sp³-hybridized carbons (Fsp3) is 0.529. The average Bonchev–Trinajstić information content (AvgIpc) is 3.55. The topological polar surface area (TPSA) is 131 Å². The average molecular weight is 619 g/mol. The molecule has 3 N–H and O–H groups in total. The molecule has 0 bridgehead atoms. The number of carbonyl (C=O) groups is 2. The largest absolute Gasteiger partial charge is 0.506 e. The van der Waals surface area contributed by atoms with Crippen molar-refractivity contribution < 1.29 is 24.2 Å². The van der Waals surface area contributed by atoms with E-state index in [1.165, 1.54) is 6.42 Å². The molecule has 2 aliphatic rings. The van der Waals surface area contributed by atoms with E-state index < -0.39 is 0 Å². The van der Waals surface area contributed by atoms with Gasteiger partial charge in [0, 0.05) is 30.7 Å². The summed E-state index contributed by atoms with van der Waals surface area (Å²) >= 11 is 0. The Morgan fingerprint density at radius 1 is 1.16 bits per heavy atom. The Bertz CT molecular complexity index is 1430. The second-order valence-electron chi connectivity index (χ2n) is 12.2. The lowest BCUT2D eigenvalue weighted by Crippen LogP contribution is -2.45. The Morgan fingerprint density at radius 2 is 2.00 bits per heavy atom. The number of nitrogens with zero attached hydrogens (tertiary/aromatic N) is 4. The number of phenolic OH excluding ortho intramolecular Hbond substituents is 1. The minimum Gasteiger partial charge on any atom is -0.506 e. The summed E-state index contributed by atoms with van der Waals surface area (Å²) < 4.78 is 13.4. The zero-order chi connectivity index (χ0) is 31.6. The van der Waals surface area contributed by atoms with E-state index in [-0.39, 0.29) is 36.3 Å². The van der Waals surface area contributed by atoms with Crippen molar-refractivity contribution in [2.45, 2.75) is 77.3 Å². The predicted octanol–water partition coefficient (Wildman–Crippen LogP) is 4.51. The summed E-state index contributed by atoms with van der Waals surface area (Å²) in [5.74, 6) is 0.396. The third-order valence-electron chi connectivity index (χ3n) is 8.52. The van der Waals surface area contributed by atoms with Gasteiger partial charge >= 0.3 is 0 Å². The fourth-order valence-electron chi connectivity index (χ4n) is 6.01.